The molecule has 0 aliphatic carbocycles. The number of hydrogen-bond acceptors (Lipinski definition) is 5. The SMILES string of the molecule is CSc1ccc([C@H]2C(S(=O)(=O)c3ccccc3)=C(O)C(=O)N2c2ccc(Br)cc2)cc1. The van der Waals surface area contributed by atoms with Crippen molar-refractivity contribution in [2.24, 2.45) is 0 Å². The third-order valence-electron chi connectivity index (χ3n) is 5.04. The minimum absolute atomic E-state index is 0.0211. The molecule has 1 aliphatic rings. The molecule has 31 heavy (non-hydrogen) atoms. The molecule has 0 radical (unpaired) electrons. The number of benzene rings is 3. The Morgan fingerprint density at radius 1 is 0.935 bits per heavy atom. The number of sulfone groups is 1. The fraction of sp³-hybridized carbons (Fsp3) is 0.0870. The van der Waals surface area contributed by atoms with Crippen LogP contribution in [0.4, 0.5) is 5.69 Å². The van der Waals surface area contributed by atoms with Gasteiger partial charge in [-0.05, 0) is 60.4 Å². The first-order valence-electron chi connectivity index (χ1n) is 9.31. The fourth-order valence-corrected chi connectivity index (χ4v) is 5.86. The van der Waals surface area contributed by atoms with Crippen LogP contribution in [0.5, 0.6) is 0 Å². The van der Waals surface area contributed by atoms with Crippen molar-refractivity contribution in [3.63, 3.8) is 0 Å². The number of anilines is 1. The maximum atomic E-state index is 13.5. The van der Waals surface area contributed by atoms with E-state index >= 15 is 0 Å². The summed E-state index contributed by atoms with van der Waals surface area (Å²) in [6, 6.07) is 21.1. The van der Waals surface area contributed by atoms with Gasteiger partial charge in [-0.25, -0.2) is 8.42 Å². The van der Waals surface area contributed by atoms with E-state index in [1.807, 2.05) is 18.4 Å². The summed E-state index contributed by atoms with van der Waals surface area (Å²) in [6.45, 7) is 0. The van der Waals surface area contributed by atoms with Gasteiger partial charge in [-0.1, -0.05) is 46.3 Å². The normalized spacial score (nSPS) is 16.8. The van der Waals surface area contributed by atoms with Gasteiger partial charge in [0.05, 0.1) is 4.90 Å². The lowest BCUT2D eigenvalue weighted by Gasteiger charge is -2.27. The number of nitrogens with zero attached hydrogens (tertiary/aromatic N) is 1. The number of aliphatic hydroxyl groups excluding tert-OH is 1. The third kappa shape index (κ3) is 3.91. The minimum atomic E-state index is -4.13. The van der Waals surface area contributed by atoms with Gasteiger partial charge >= 0.3 is 0 Å². The summed E-state index contributed by atoms with van der Waals surface area (Å²) in [7, 11) is -4.13. The summed E-state index contributed by atoms with van der Waals surface area (Å²) in [5, 5.41) is 10.8. The minimum Gasteiger partial charge on any atom is -0.502 e. The maximum absolute atomic E-state index is 13.5. The van der Waals surface area contributed by atoms with Crippen LogP contribution in [0.25, 0.3) is 0 Å². The third-order valence-corrected chi connectivity index (χ3v) is 8.20. The standard InChI is InChI=1S/C23H18BrNO4S2/c1-30-18-13-7-15(8-14-18)20-22(31(28,29)19-5-3-2-4-6-19)21(26)23(27)25(20)17-11-9-16(24)10-12-17/h2-14,20,26H,1H3/t20-/m0/s1. The predicted molar refractivity (Wildman–Crippen MR) is 126 cm³/mol. The molecule has 0 aromatic heterocycles. The zero-order valence-electron chi connectivity index (χ0n) is 16.4. The first-order valence-corrected chi connectivity index (χ1v) is 12.8. The van der Waals surface area contributed by atoms with E-state index < -0.39 is 27.5 Å². The van der Waals surface area contributed by atoms with Crippen LogP contribution in [-0.2, 0) is 14.6 Å². The molecule has 1 heterocycles. The van der Waals surface area contributed by atoms with Crippen molar-refractivity contribution in [2.75, 3.05) is 11.2 Å². The van der Waals surface area contributed by atoms with E-state index in [1.165, 1.54) is 17.0 Å². The highest BCUT2D eigenvalue weighted by molar-refractivity contribution is 9.10. The van der Waals surface area contributed by atoms with Crippen molar-refractivity contribution in [1.82, 2.24) is 0 Å². The molecule has 8 heteroatoms. The van der Waals surface area contributed by atoms with Crippen molar-refractivity contribution >= 4 is 49.1 Å². The number of hydrogen-bond donors (Lipinski definition) is 1. The van der Waals surface area contributed by atoms with Crippen LogP contribution in [0.3, 0.4) is 0 Å². The summed E-state index contributed by atoms with van der Waals surface area (Å²) >= 11 is 4.93. The van der Waals surface area contributed by atoms with Crippen LogP contribution in [0.1, 0.15) is 11.6 Å². The molecule has 1 amide bonds. The average Bonchev–Trinajstić information content (AvgIpc) is 3.06. The van der Waals surface area contributed by atoms with E-state index in [-0.39, 0.29) is 9.80 Å². The molecule has 1 aliphatic heterocycles. The van der Waals surface area contributed by atoms with Crippen molar-refractivity contribution < 1.29 is 18.3 Å². The fourth-order valence-electron chi connectivity index (χ4n) is 3.54. The Morgan fingerprint density at radius 2 is 1.55 bits per heavy atom. The van der Waals surface area contributed by atoms with Crippen molar-refractivity contribution in [3.8, 4) is 0 Å². The lowest BCUT2D eigenvalue weighted by Crippen LogP contribution is -2.31. The van der Waals surface area contributed by atoms with Gasteiger partial charge in [0, 0.05) is 15.1 Å². The zero-order chi connectivity index (χ0) is 22.2. The molecule has 1 atom stereocenters. The molecule has 158 valence electrons. The number of amides is 1. The summed E-state index contributed by atoms with van der Waals surface area (Å²) in [5.74, 6) is -1.51. The van der Waals surface area contributed by atoms with Crippen LogP contribution < -0.4 is 4.90 Å². The summed E-state index contributed by atoms with van der Waals surface area (Å²) in [5.41, 5.74) is 1.07. The second-order valence-corrected chi connectivity index (χ2v) is 10.6. The molecule has 0 unspecified atom stereocenters. The Bertz CT molecular complexity index is 1260. The van der Waals surface area contributed by atoms with Crippen LogP contribution in [0.2, 0.25) is 0 Å². The van der Waals surface area contributed by atoms with Gasteiger partial charge in [0.1, 0.15) is 10.9 Å². The van der Waals surface area contributed by atoms with E-state index in [0.29, 0.717) is 11.3 Å². The zero-order valence-corrected chi connectivity index (χ0v) is 19.6. The Kier molecular flexibility index (Phi) is 5.96. The lowest BCUT2D eigenvalue weighted by molar-refractivity contribution is -0.117. The summed E-state index contributed by atoms with van der Waals surface area (Å²) in [4.78, 5) is 15.2. The van der Waals surface area contributed by atoms with Crippen molar-refractivity contribution in [1.29, 1.82) is 0 Å². The van der Waals surface area contributed by atoms with Crippen LogP contribution in [0.15, 0.2) is 104 Å². The highest BCUT2D eigenvalue weighted by Crippen LogP contribution is 2.45. The first kappa shape index (κ1) is 21.7. The number of carbonyl (C=O) groups excluding carboxylic acids is 1. The molecule has 3 aromatic rings. The molecule has 3 aromatic carbocycles. The average molecular weight is 516 g/mol. The molecule has 0 bridgehead atoms. The molecule has 0 saturated carbocycles. The molecule has 1 N–H and O–H groups in total. The lowest BCUT2D eigenvalue weighted by atomic mass is 10.1. The number of thioether (sulfide) groups is 1. The van der Waals surface area contributed by atoms with E-state index in [2.05, 4.69) is 15.9 Å². The number of halogens is 1. The van der Waals surface area contributed by atoms with Crippen molar-refractivity contribution in [3.05, 3.63) is 99.6 Å². The van der Waals surface area contributed by atoms with Crippen LogP contribution in [0, 0.1) is 0 Å². The van der Waals surface area contributed by atoms with E-state index in [1.54, 1.807) is 66.4 Å². The quantitative estimate of drug-likeness (QED) is 0.454. The molecule has 0 spiro atoms. The number of rotatable bonds is 5. The largest absolute Gasteiger partial charge is 0.502 e. The number of aliphatic hydroxyl groups is 1. The number of carbonyl (C=O) groups is 1. The molecule has 4 rings (SSSR count). The Hall–Kier alpha value is -2.55. The van der Waals surface area contributed by atoms with Gasteiger partial charge in [-0.3, -0.25) is 9.69 Å². The van der Waals surface area contributed by atoms with Crippen molar-refractivity contribution in [2.45, 2.75) is 15.8 Å². The molecular weight excluding hydrogens is 498 g/mol. The highest BCUT2D eigenvalue weighted by atomic mass is 79.9. The maximum Gasteiger partial charge on any atom is 0.295 e. The monoisotopic (exact) mass is 515 g/mol. The topological polar surface area (TPSA) is 74.7 Å². The second kappa shape index (κ2) is 8.53. The van der Waals surface area contributed by atoms with Gasteiger partial charge in [-0.15, -0.1) is 11.8 Å². The summed E-state index contributed by atoms with van der Waals surface area (Å²) < 4.78 is 27.9. The molecule has 0 saturated heterocycles. The Labute approximate surface area is 193 Å². The van der Waals surface area contributed by atoms with Crippen LogP contribution >= 0.6 is 27.7 Å². The first-order chi connectivity index (χ1) is 14.8. The summed E-state index contributed by atoms with van der Waals surface area (Å²) in [6.07, 6.45) is 1.94. The smallest absolute Gasteiger partial charge is 0.295 e. The van der Waals surface area contributed by atoms with Gasteiger partial charge < -0.3 is 5.11 Å². The second-order valence-electron chi connectivity index (χ2n) is 6.86. The van der Waals surface area contributed by atoms with Gasteiger partial charge in [0.2, 0.25) is 9.84 Å². The Morgan fingerprint density at radius 3 is 2.13 bits per heavy atom. The van der Waals surface area contributed by atoms with E-state index in [9.17, 15) is 18.3 Å². The molecular formula is C23H18BrNO4S2. The highest BCUT2D eigenvalue weighted by Gasteiger charge is 2.47. The molecule has 5 nitrogen and oxygen atoms in total. The van der Waals surface area contributed by atoms with E-state index in [4.69, 9.17) is 0 Å². The van der Waals surface area contributed by atoms with Gasteiger partial charge in [0.15, 0.2) is 5.76 Å². The van der Waals surface area contributed by atoms with Gasteiger partial charge in [0.25, 0.3) is 5.91 Å². The van der Waals surface area contributed by atoms with E-state index in [0.717, 1.165) is 9.37 Å². The molecule has 0 fully saturated rings. The predicted octanol–water partition coefficient (Wildman–Crippen LogP) is 5.50. The van der Waals surface area contributed by atoms with Crippen LogP contribution in [-0.4, -0.2) is 25.7 Å². The van der Waals surface area contributed by atoms with Gasteiger partial charge in [-0.2, -0.15) is 0 Å². The Balaban J connectivity index is 1.93.